The van der Waals surface area contributed by atoms with Gasteiger partial charge in [0.05, 0.1) is 17.5 Å². The number of methoxy groups -OCH3 is 1. The molecule has 0 aliphatic heterocycles. The molecule has 2 N–H and O–H groups in total. The first-order valence-corrected chi connectivity index (χ1v) is 8.47. The summed E-state index contributed by atoms with van der Waals surface area (Å²) >= 11 is 5.78. The van der Waals surface area contributed by atoms with E-state index < -0.39 is 44.0 Å². The lowest BCUT2D eigenvalue weighted by Crippen LogP contribution is -2.38. The van der Waals surface area contributed by atoms with Crippen molar-refractivity contribution in [2.75, 3.05) is 13.7 Å². The Hall–Kier alpha value is -1.52. The van der Waals surface area contributed by atoms with Crippen LogP contribution in [0.3, 0.4) is 0 Å². The Labute approximate surface area is 140 Å². The summed E-state index contributed by atoms with van der Waals surface area (Å²) in [4.78, 5) is 10.5. The van der Waals surface area contributed by atoms with Crippen LogP contribution < -0.4 is 9.46 Å². The number of carbonyl (C=O) groups is 1. The van der Waals surface area contributed by atoms with Gasteiger partial charge in [0, 0.05) is 12.6 Å². The van der Waals surface area contributed by atoms with E-state index in [1.54, 1.807) is 0 Å². The van der Waals surface area contributed by atoms with Crippen LogP contribution in [0, 0.1) is 5.41 Å². The fraction of sp³-hybridized carbons (Fsp3) is 0.462. The molecule has 1 aromatic carbocycles. The van der Waals surface area contributed by atoms with Crippen LogP contribution in [-0.4, -0.2) is 39.3 Å². The van der Waals surface area contributed by atoms with Crippen LogP contribution in [0.4, 0.5) is 13.2 Å². The summed E-state index contributed by atoms with van der Waals surface area (Å²) in [5.74, 6) is -1.66. The van der Waals surface area contributed by atoms with Gasteiger partial charge in [0.2, 0.25) is 10.0 Å². The number of carboxylic acids is 1. The van der Waals surface area contributed by atoms with E-state index in [0.29, 0.717) is 0 Å². The summed E-state index contributed by atoms with van der Waals surface area (Å²) in [5, 5.41) is 8.56. The minimum Gasteiger partial charge on any atom is -0.496 e. The molecular formula is C13H13ClF3NO5S. The van der Waals surface area contributed by atoms with Crippen molar-refractivity contribution in [1.29, 1.82) is 0 Å². The number of nitrogens with one attached hydrogen (secondary N) is 1. The van der Waals surface area contributed by atoms with Gasteiger partial charge in [-0.15, -0.1) is 0 Å². The largest absolute Gasteiger partial charge is 0.496 e. The van der Waals surface area contributed by atoms with E-state index in [4.69, 9.17) is 21.4 Å². The van der Waals surface area contributed by atoms with Crippen LogP contribution in [0.15, 0.2) is 17.0 Å². The first kappa shape index (κ1) is 18.8. The van der Waals surface area contributed by atoms with Crippen LogP contribution in [0.25, 0.3) is 0 Å². The average molecular weight is 388 g/mol. The second-order valence-corrected chi connectivity index (χ2v) is 7.53. The standard InChI is InChI=1S/C13H13ClF3NO5S/c1-23-9-5-10(8(14)4-7(9)11(19)20)24(21,22)18-6-12(2-3-12)13(15,16)17/h4-5,18H,2-3,6H2,1H3,(H,19,20). The number of halogens is 4. The predicted molar refractivity (Wildman–Crippen MR) is 77.9 cm³/mol. The van der Waals surface area contributed by atoms with Crippen molar-refractivity contribution in [1.82, 2.24) is 4.72 Å². The van der Waals surface area contributed by atoms with Gasteiger partial charge in [-0.05, 0) is 18.9 Å². The topological polar surface area (TPSA) is 92.7 Å². The number of ether oxygens (including phenoxy) is 1. The molecule has 6 nitrogen and oxygen atoms in total. The van der Waals surface area contributed by atoms with Gasteiger partial charge in [0.15, 0.2) is 0 Å². The molecule has 2 rings (SSSR count). The third kappa shape index (κ3) is 3.45. The van der Waals surface area contributed by atoms with E-state index in [1.165, 1.54) is 0 Å². The van der Waals surface area contributed by atoms with Crippen LogP contribution in [0.5, 0.6) is 5.75 Å². The predicted octanol–water partition coefficient (Wildman–Crippen LogP) is 2.67. The van der Waals surface area contributed by atoms with Gasteiger partial charge in [0.1, 0.15) is 16.2 Å². The van der Waals surface area contributed by atoms with Gasteiger partial charge in [0.25, 0.3) is 0 Å². The lowest BCUT2D eigenvalue weighted by atomic mass is 10.1. The second-order valence-electron chi connectivity index (χ2n) is 5.39. The van der Waals surface area contributed by atoms with E-state index in [9.17, 15) is 26.4 Å². The summed E-state index contributed by atoms with van der Waals surface area (Å²) < 4.78 is 69.8. The molecule has 0 unspecified atom stereocenters. The Kier molecular flexibility index (Phi) is 4.77. The van der Waals surface area contributed by atoms with Gasteiger partial charge in [-0.3, -0.25) is 0 Å². The highest BCUT2D eigenvalue weighted by Gasteiger charge is 2.63. The highest BCUT2D eigenvalue weighted by molar-refractivity contribution is 7.89. The summed E-state index contributed by atoms with van der Waals surface area (Å²) in [7, 11) is -3.25. The highest BCUT2D eigenvalue weighted by Crippen LogP contribution is 2.57. The average Bonchev–Trinajstić information content (AvgIpc) is 3.25. The normalized spacial score (nSPS) is 16.7. The van der Waals surface area contributed by atoms with E-state index in [1.807, 2.05) is 4.72 Å². The lowest BCUT2D eigenvalue weighted by Gasteiger charge is -2.20. The van der Waals surface area contributed by atoms with E-state index in [-0.39, 0.29) is 24.2 Å². The van der Waals surface area contributed by atoms with Crippen molar-refractivity contribution in [2.45, 2.75) is 23.9 Å². The fourth-order valence-electron chi connectivity index (χ4n) is 2.10. The second kappa shape index (κ2) is 6.08. The SMILES string of the molecule is COc1cc(S(=O)(=O)NCC2(C(F)(F)F)CC2)c(Cl)cc1C(=O)O. The van der Waals surface area contributed by atoms with Gasteiger partial charge in [-0.2, -0.15) is 13.2 Å². The third-order valence-corrected chi connectivity index (χ3v) is 5.70. The molecule has 0 aromatic heterocycles. The monoisotopic (exact) mass is 387 g/mol. The van der Waals surface area contributed by atoms with Gasteiger partial charge in [-0.25, -0.2) is 17.9 Å². The number of alkyl halides is 3. The van der Waals surface area contributed by atoms with Crippen molar-refractivity contribution >= 4 is 27.6 Å². The molecule has 134 valence electrons. The summed E-state index contributed by atoms with van der Waals surface area (Å²) in [5.41, 5.74) is -2.42. The van der Waals surface area contributed by atoms with Crippen molar-refractivity contribution in [3.63, 3.8) is 0 Å². The zero-order valence-corrected chi connectivity index (χ0v) is 13.8. The fourth-order valence-corrected chi connectivity index (χ4v) is 3.77. The zero-order valence-electron chi connectivity index (χ0n) is 12.3. The third-order valence-electron chi connectivity index (χ3n) is 3.83. The minimum absolute atomic E-state index is 0.159. The van der Waals surface area contributed by atoms with Crippen molar-refractivity contribution in [3.8, 4) is 5.75 Å². The maximum atomic E-state index is 12.9. The van der Waals surface area contributed by atoms with Crippen molar-refractivity contribution in [3.05, 3.63) is 22.7 Å². The highest BCUT2D eigenvalue weighted by atomic mass is 35.5. The molecule has 0 heterocycles. The Balaban J connectivity index is 2.32. The molecule has 1 aliphatic carbocycles. The number of rotatable bonds is 6. The van der Waals surface area contributed by atoms with Gasteiger partial charge < -0.3 is 9.84 Å². The van der Waals surface area contributed by atoms with E-state index in [0.717, 1.165) is 19.2 Å². The molecule has 1 fully saturated rings. The molecule has 0 saturated heterocycles. The van der Waals surface area contributed by atoms with Crippen LogP contribution >= 0.6 is 11.6 Å². The number of hydrogen-bond donors (Lipinski definition) is 2. The number of hydrogen-bond acceptors (Lipinski definition) is 4. The molecule has 0 bridgehead atoms. The maximum absolute atomic E-state index is 12.9. The molecule has 0 amide bonds. The van der Waals surface area contributed by atoms with Crippen molar-refractivity contribution in [2.24, 2.45) is 5.41 Å². The molecule has 0 atom stereocenters. The molecule has 1 saturated carbocycles. The Morgan fingerprint density at radius 3 is 2.42 bits per heavy atom. The number of carboxylic acid groups (broad SMARTS) is 1. The van der Waals surface area contributed by atoms with Crippen molar-refractivity contribution < 1.29 is 36.2 Å². The molecule has 11 heteroatoms. The molecule has 1 aliphatic rings. The smallest absolute Gasteiger partial charge is 0.395 e. The lowest BCUT2D eigenvalue weighted by molar-refractivity contribution is -0.184. The maximum Gasteiger partial charge on any atom is 0.395 e. The van der Waals surface area contributed by atoms with Gasteiger partial charge >= 0.3 is 12.1 Å². The van der Waals surface area contributed by atoms with Gasteiger partial charge in [-0.1, -0.05) is 11.6 Å². The number of benzene rings is 1. The Morgan fingerprint density at radius 1 is 1.42 bits per heavy atom. The first-order chi connectivity index (χ1) is 10.9. The van der Waals surface area contributed by atoms with E-state index in [2.05, 4.69) is 0 Å². The van der Waals surface area contributed by atoms with Crippen LogP contribution in [-0.2, 0) is 10.0 Å². The molecule has 1 aromatic rings. The molecule has 0 spiro atoms. The molecule has 24 heavy (non-hydrogen) atoms. The summed E-state index contributed by atoms with van der Waals surface area (Å²) in [6.45, 7) is -0.807. The Morgan fingerprint density at radius 2 is 2.00 bits per heavy atom. The number of sulfonamides is 1. The molecular weight excluding hydrogens is 375 g/mol. The van der Waals surface area contributed by atoms with E-state index >= 15 is 0 Å². The zero-order chi connectivity index (χ0) is 18.3. The summed E-state index contributed by atoms with van der Waals surface area (Å²) in [6, 6.07) is 1.73. The van der Waals surface area contributed by atoms with Crippen LogP contribution in [0.2, 0.25) is 5.02 Å². The summed E-state index contributed by atoms with van der Waals surface area (Å²) in [6.07, 6.45) is -4.83. The Bertz CT molecular complexity index is 775. The molecule has 0 radical (unpaired) electrons. The minimum atomic E-state index is -4.51. The van der Waals surface area contributed by atoms with Crippen LogP contribution in [0.1, 0.15) is 23.2 Å². The quantitative estimate of drug-likeness (QED) is 0.782. The first-order valence-electron chi connectivity index (χ1n) is 6.61. The number of aromatic carboxylic acids is 1.